The van der Waals surface area contributed by atoms with Crippen LogP contribution in [0.4, 0.5) is 0 Å². The van der Waals surface area contributed by atoms with Gasteiger partial charge < -0.3 is 14.5 Å². The van der Waals surface area contributed by atoms with Gasteiger partial charge >= 0.3 is 0 Å². The normalized spacial score (nSPS) is 21.4. The van der Waals surface area contributed by atoms with Gasteiger partial charge in [-0.2, -0.15) is 5.10 Å². The van der Waals surface area contributed by atoms with E-state index >= 15 is 0 Å². The molecular formula is C17H25N5O3. The zero-order valence-electron chi connectivity index (χ0n) is 15.2. The van der Waals surface area contributed by atoms with Gasteiger partial charge in [-0.1, -0.05) is 6.92 Å². The maximum atomic E-state index is 12.4. The summed E-state index contributed by atoms with van der Waals surface area (Å²) >= 11 is 0. The molecule has 1 aliphatic rings. The third kappa shape index (κ3) is 3.74. The number of amides is 1. The summed E-state index contributed by atoms with van der Waals surface area (Å²) in [5.41, 5.74) is 1.69. The molecule has 2 aromatic heterocycles. The molecule has 3 rings (SSSR count). The second kappa shape index (κ2) is 7.37. The topological polar surface area (TPSA) is 85.4 Å². The summed E-state index contributed by atoms with van der Waals surface area (Å²) < 4.78 is 13.1. The van der Waals surface area contributed by atoms with Crippen molar-refractivity contribution in [1.82, 2.24) is 25.0 Å². The first-order valence-electron chi connectivity index (χ1n) is 8.56. The Bertz CT molecular complexity index is 738. The van der Waals surface area contributed by atoms with Crippen LogP contribution in [-0.4, -0.2) is 57.9 Å². The molecule has 136 valence electrons. The van der Waals surface area contributed by atoms with Crippen LogP contribution in [0.2, 0.25) is 0 Å². The second-order valence-electron chi connectivity index (χ2n) is 6.29. The van der Waals surface area contributed by atoms with E-state index < -0.39 is 0 Å². The van der Waals surface area contributed by atoms with Gasteiger partial charge in [0.2, 0.25) is 5.76 Å². The molecule has 0 bridgehead atoms. The summed E-state index contributed by atoms with van der Waals surface area (Å²) in [6, 6.07) is 0.0605. The number of carbonyl (C=O) groups is 1. The van der Waals surface area contributed by atoms with E-state index in [2.05, 4.69) is 27.2 Å². The van der Waals surface area contributed by atoms with Crippen molar-refractivity contribution in [1.29, 1.82) is 0 Å². The van der Waals surface area contributed by atoms with Crippen LogP contribution in [0, 0.1) is 13.8 Å². The van der Waals surface area contributed by atoms with Gasteiger partial charge in [-0.3, -0.25) is 14.4 Å². The van der Waals surface area contributed by atoms with E-state index in [0.717, 1.165) is 18.7 Å². The van der Waals surface area contributed by atoms with E-state index in [1.165, 1.54) is 0 Å². The minimum absolute atomic E-state index is 0.0605. The Morgan fingerprint density at radius 1 is 1.44 bits per heavy atom. The Morgan fingerprint density at radius 3 is 2.84 bits per heavy atom. The highest BCUT2D eigenvalue weighted by Crippen LogP contribution is 2.28. The quantitative estimate of drug-likeness (QED) is 0.875. The van der Waals surface area contributed by atoms with Crippen molar-refractivity contribution in [3.05, 3.63) is 35.3 Å². The molecule has 2 atom stereocenters. The molecule has 25 heavy (non-hydrogen) atoms. The third-order valence-corrected chi connectivity index (χ3v) is 4.50. The van der Waals surface area contributed by atoms with Gasteiger partial charge in [-0.25, -0.2) is 4.98 Å². The van der Waals surface area contributed by atoms with Crippen molar-refractivity contribution in [2.24, 2.45) is 7.05 Å². The lowest BCUT2D eigenvalue weighted by atomic mass is 10.0. The monoisotopic (exact) mass is 347 g/mol. The van der Waals surface area contributed by atoms with Crippen LogP contribution in [0.5, 0.6) is 0 Å². The summed E-state index contributed by atoms with van der Waals surface area (Å²) in [4.78, 5) is 18.9. The summed E-state index contributed by atoms with van der Waals surface area (Å²) in [6.07, 6.45) is 3.72. The van der Waals surface area contributed by atoms with Gasteiger partial charge in [0.1, 0.15) is 0 Å². The number of aryl methyl sites for hydroxylation is 3. The molecule has 0 radical (unpaired) electrons. The van der Waals surface area contributed by atoms with Crippen molar-refractivity contribution in [3.8, 4) is 0 Å². The van der Waals surface area contributed by atoms with Crippen LogP contribution < -0.4 is 5.32 Å². The Balaban J connectivity index is 1.72. The highest BCUT2D eigenvalue weighted by molar-refractivity contribution is 5.92. The number of morpholine rings is 1. The highest BCUT2D eigenvalue weighted by atomic mass is 16.5. The summed E-state index contributed by atoms with van der Waals surface area (Å²) in [5.74, 6) is 0.487. The molecule has 0 aliphatic carbocycles. The van der Waals surface area contributed by atoms with E-state index in [-0.39, 0.29) is 23.8 Å². The smallest absolute Gasteiger partial charge is 0.289 e. The van der Waals surface area contributed by atoms with Crippen LogP contribution in [0.15, 0.2) is 16.8 Å². The lowest BCUT2D eigenvalue weighted by Gasteiger charge is -2.40. The SMILES string of the molecule is CCN1CCO[C@@H](CNC(=O)c2oc(C)nc2C)[C@@H]1c1cnn(C)c1. The second-order valence-corrected chi connectivity index (χ2v) is 6.29. The third-order valence-electron chi connectivity index (χ3n) is 4.50. The van der Waals surface area contributed by atoms with E-state index in [1.54, 1.807) is 18.5 Å². The van der Waals surface area contributed by atoms with Crippen LogP contribution in [-0.2, 0) is 11.8 Å². The van der Waals surface area contributed by atoms with Crippen LogP contribution in [0.1, 0.15) is 40.7 Å². The zero-order valence-corrected chi connectivity index (χ0v) is 15.2. The van der Waals surface area contributed by atoms with Gasteiger partial charge in [-0.15, -0.1) is 0 Å². The molecule has 8 nitrogen and oxygen atoms in total. The van der Waals surface area contributed by atoms with Gasteiger partial charge in [0.15, 0.2) is 5.89 Å². The number of likely N-dealkylation sites (N-methyl/N-ethyl adjacent to an activating group) is 1. The van der Waals surface area contributed by atoms with Crippen molar-refractivity contribution < 1.29 is 13.9 Å². The number of hydrogen-bond acceptors (Lipinski definition) is 6. The van der Waals surface area contributed by atoms with E-state index in [4.69, 9.17) is 9.15 Å². The van der Waals surface area contributed by atoms with Crippen molar-refractivity contribution in [3.63, 3.8) is 0 Å². The lowest BCUT2D eigenvalue weighted by molar-refractivity contribution is -0.0685. The number of nitrogens with one attached hydrogen (secondary N) is 1. The first-order valence-corrected chi connectivity index (χ1v) is 8.56. The van der Waals surface area contributed by atoms with Gasteiger partial charge in [-0.05, 0) is 13.5 Å². The van der Waals surface area contributed by atoms with E-state index in [9.17, 15) is 4.79 Å². The van der Waals surface area contributed by atoms with Crippen LogP contribution in [0.3, 0.4) is 0 Å². The number of oxazole rings is 1. The fourth-order valence-electron chi connectivity index (χ4n) is 3.35. The first-order chi connectivity index (χ1) is 12.0. The Morgan fingerprint density at radius 2 is 2.24 bits per heavy atom. The van der Waals surface area contributed by atoms with Gasteiger partial charge in [0, 0.05) is 38.8 Å². The summed E-state index contributed by atoms with van der Waals surface area (Å²) in [6.45, 7) is 8.44. The molecule has 1 amide bonds. The van der Waals surface area contributed by atoms with Crippen molar-refractivity contribution in [2.45, 2.75) is 32.9 Å². The average molecular weight is 347 g/mol. The fraction of sp³-hybridized carbons (Fsp3) is 0.588. The first kappa shape index (κ1) is 17.6. The number of nitrogens with zero attached hydrogens (tertiary/aromatic N) is 4. The minimum Gasteiger partial charge on any atom is -0.436 e. The number of hydrogen-bond donors (Lipinski definition) is 1. The number of carbonyl (C=O) groups excluding carboxylic acids is 1. The molecule has 0 spiro atoms. The molecule has 1 saturated heterocycles. The predicted octanol–water partition coefficient (Wildman–Crippen LogP) is 1.22. The molecule has 0 saturated carbocycles. The molecular weight excluding hydrogens is 322 g/mol. The van der Waals surface area contributed by atoms with E-state index in [0.29, 0.717) is 24.7 Å². The van der Waals surface area contributed by atoms with Crippen LogP contribution in [0.25, 0.3) is 0 Å². The Hall–Kier alpha value is -2.19. The van der Waals surface area contributed by atoms with Crippen LogP contribution >= 0.6 is 0 Å². The number of ether oxygens (including phenoxy) is 1. The Kier molecular flexibility index (Phi) is 5.19. The van der Waals surface area contributed by atoms with Gasteiger partial charge in [0.25, 0.3) is 5.91 Å². The molecule has 2 aromatic rings. The predicted molar refractivity (Wildman–Crippen MR) is 91.2 cm³/mol. The molecule has 1 fully saturated rings. The van der Waals surface area contributed by atoms with Gasteiger partial charge in [0.05, 0.1) is 30.6 Å². The minimum atomic E-state index is -0.264. The summed E-state index contributed by atoms with van der Waals surface area (Å²) in [7, 11) is 1.90. The average Bonchev–Trinajstić information content (AvgIpc) is 3.17. The molecule has 3 heterocycles. The maximum absolute atomic E-state index is 12.4. The largest absolute Gasteiger partial charge is 0.436 e. The standard InChI is InChI=1S/C17H25N5O3/c1-5-22-6-7-24-14(15(22)13-8-19-21(4)10-13)9-18-17(23)16-11(2)20-12(3)25-16/h8,10,14-15H,5-7,9H2,1-4H3,(H,18,23)/t14-,15-/m0/s1. The number of rotatable bonds is 5. The molecule has 0 unspecified atom stereocenters. The lowest BCUT2D eigenvalue weighted by Crippen LogP contribution is -2.49. The summed E-state index contributed by atoms with van der Waals surface area (Å²) in [5, 5.41) is 7.20. The highest BCUT2D eigenvalue weighted by Gasteiger charge is 2.34. The molecule has 1 aliphatic heterocycles. The van der Waals surface area contributed by atoms with Crippen molar-refractivity contribution in [2.75, 3.05) is 26.2 Å². The Labute approximate surface area is 147 Å². The fourth-order valence-corrected chi connectivity index (χ4v) is 3.35. The maximum Gasteiger partial charge on any atom is 0.289 e. The number of aromatic nitrogens is 3. The zero-order chi connectivity index (χ0) is 18.0. The molecule has 0 aromatic carbocycles. The van der Waals surface area contributed by atoms with E-state index in [1.807, 2.05) is 19.4 Å². The van der Waals surface area contributed by atoms with Crippen molar-refractivity contribution >= 4 is 5.91 Å². The molecule has 1 N–H and O–H groups in total. The molecule has 8 heteroatoms.